The van der Waals surface area contributed by atoms with E-state index in [1.165, 1.54) is 11.0 Å². The van der Waals surface area contributed by atoms with E-state index in [2.05, 4.69) is 15.7 Å². The third-order valence-corrected chi connectivity index (χ3v) is 6.24. The van der Waals surface area contributed by atoms with Crippen LogP contribution >= 0.6 is 0 Å². The van der Waals surface area contributed by atoms with E-state index in [-0.39, 0.29) is 30.0 Å². The van der Waals surface area contributed by atoms with Crippen molar-refractivity contribution in [1.29, 1.82) is 0 Å². The number of aryl methyl sites for hydroxylation is 2. The molecule has 168 valence electrons. The lowest BCUT2D eigenvalue weighted by atomic mass is 10.0. The zero-order valence-electron chi connectivity index (χ0n) is 18.1. The first-order valence-corrected chi connectivity index (χ1v) is 10.6. The average Bonchev–Trinajstić information content (AvgIpc) is 3.34. The highest BCUT2D eigenvalue weighted by Crippen LogP contribution is 2.33. The molecule has 0 spiro atoms. The van der Waals surface area contributed by atoms with Crippen molar-refractivity contribution in [2.45, 2.75) is 25.4 Å². The Kier molecular flexibility index (Phi) is 4.96. The Labute approximate surface area is 189 Å². The van der Waals surface area contributed by atoms with E-state index in [9.17, 15) is 18.8 Å². The number of benzene rings is 2. The highest BCUT2D eigenvalue weighted by molar-refractivity contribution is 6.11. The van der Waals surface area contributed by atoms with Gasteiger partial charge in [-0.25, -0.2) is 4.39 Å². The zero-order chi connectivity index (χ0) is 23.3. The van der Waals surface area contributed by atoms with Crippen LogP contribution in [0.2, 0.25) is 0 Å². The molecule has 8 nitrogen and oxygen atoms in total. The summed E-state index contributed by atoms with van der Waals surface area (Å²) in [6, 6.07) is 11.8. The molecule has 2 aliphatic heterocycles. The number of anilines is 1. The predicted octanol–water partition coefficient (Wildman–Crippen LogP) is 2.50. The first kappa shape index (κ1) is 20.9. The molecule has 1 saturated heterocycles. The maximum atomic E-state index is 14.3. The minimum absolute atomic E-state index is 0.192. The molecule has 2 aromatic carbocycles. The van der Waals surface area contributed by atoms with Crippen molar-refractivity contribution < 1.29 is 18.8 Å². The number of hydrogen-bond acceptors (Lipinski definition) is 4. The van der Waals surface area contributed by atoms with Gasteiger partial charge in [0, 0.05) is 30.9 Å². The predicted molar refractivity (Wildman–Crippen MR) is 119 cm³/mol. The number of carbonyl (C=O) groups is 3. The minimum atomic E-state index is -0.711. The van der Waals surface area contributed by atoms with Crippen molar-refractivity contribution >= 4 is 23.4 Å². The van der Waals surface area contributed by atoms with Crippen molar-refractivity contribution in [3.05, 3.63) is 71.3 Å². The van der Waals surface area contributed by atoms with Gasteiger partial charge in [-0.1, -0.05) is 24.3 Å². The molecule has 3 heterocycles. The Morgan fingerprint density at radius 2 is 1.94 bits per heavy atom. The smallest absolute Gasteiger partial charge is 0.272 e. The SMILES string of the molecule is Cc1cc(C(=O)N[C@H]2C[C@H]3C(=O)Nc4ccc(-c5ccccc5F)cc4C(=O)N3C2)nn1C. The van der Waals surface area contributed by atoms with Crippen LogP contribution in [0.4, 0.5) is 10.1 Å². The van der Waals surface area contributed by atoms with Crippen LogP contribution in [0.15, 0.2) is 48.5 Å². The van der Waals surface area contributed by atoms with Crippen molar-refractivity contribution in [3.8, 4) is 11.1 Å². The van der Waals surface area contributed by atoms with Crippen molar-refractivity contribution in [2.24, 2.45) is 7.05 Å². The van der Waals surface area contributed by atoms with Crippen molar-refractivity contribution in [1.82, 2.24) is 20.0 Å². The van der Waals surface area contributed by atoms with Crippen LogP contribution in [-0.4, -0.2) is 51.0 Å². The van der Waals surface area contributed by atoms with E-state index >= 15 is 0 Å². The molecule has 9 heteroatoms. The normalized spacial score (nSPS) is 19.5. The number of aromatic nitrogens is 2. The van der Waals surface area contributed by atoms with Gasteiger partial charge in [0.1, 0.15) is 17.6 Å². The molecule has 2 atom stereocenters. The Bertz CT molecular complexity index is 1280. The fraction of sp³-hybridized carbons (Fsp3) is 0.250. The lowest BCUT2D eigenvalue weighted by Crippen LogP contribution is -2.41. The van der Waals surface area contributed by atoms with Crippen LogP contribution in [0.5, 0.6) is 0 Å². The van der Waals surface area contributed by atoms with Gasteiger partial charge in [-0.15, -0.1) is 0 Å². The number of halogens is 1. The summed E-state index contributed by atoms with van der Waals surface area (Å²) in [6.07, 6.45) is 0.295. The summed E-state index contributed by atoms with van der Waals surface area (Å²) in [5.74, 6) is -1.39. The highest BCUT2D eigenvalue weighted by atomic mass is 19.1. The van der Waals surface area contributed by atoms with Crippen molar-refractivity contribution in [3.63, 3.8) is 0 Å². The molecule has 2 N–H and O–H groups in total. The number of carbonyl (C=O) groups excluding carboxylic acids is 3. The molecule has 0 unspecified atom stereocenters. The van der Waals surface area contributed by atoms with E-state index in [1.54, 1.807) is 54.2 Å². The van der Waals surface area contributed by atoms with Gasteiger partial charge in [-0.3, -0.25) is 19.1 Å². The first-order chi connectivity index (χ1) is 15.8. The summed E-state index contributed by atoms with van der Waals surface area (Å²) in [6.45, 7) is 2.04. The van der Waals surface area contributed by atoms with Gasteiger partial charge >= 0.3 is 0 Å². The van der Waals surface area contributed by atoms with Gasteiger partial charge in [-0.05, 0) is 43.2 Å². The topological polar surface area (TPSA) is 96.3 Å². The van der Waals surface area contributed by atoms with Crippen LogP contribution in [0.25, 0.3) is 11.1 Å². The lowest BCUT2D eigenvalue weighted by Gasteiger charge is -2.20. The summed E-state index contributed by atoms with van der Waals surface area (Å²) in [4.78, 5) is 40.3. The number of nitrogens with zero attached hydrogens (tertiary/aromatic N) is 3. The van der Waals surface area contributed by atoms with Crippen molar-refractivity contribution in [2.75, 3.05) is 11.9 Å². The standard InChI is InChI=1S/C24H22FN5O3/c1-13-9-20(28-29(13)2)22(31)26-15-11-21-23(32)27-19-8-7-14(16-5-3-4-6-18(16)25)10-17(19)24(33)30(21)12-15/h3-10,15,21H,11-12H2,1-2H3,(H,26,31)(H,27,32)/t15-,21-/m0/s1. The second-order valence-corrected chi connectivity index (χ2v) is 8.40. The average molecular weight is 447 g/mol. The van der Waals surface area contributed by atoms with Gasteiger partial charge < -0.3 is 15.5 Å². The quantitative estimate of drug-likeness (QED) is 0.645. The third kappa shape index (κ3) is 3.65. The number of rotatable bonds is 3. The lowest BCUT2D eigenvalue weighted by molar-refractivity contribution is -0.119. The summed E-state index contributed by atoms with van der Waals surface area (Å²) in [5, 5.41) is 9.87. The van der Waals surface area contributed by atoms with E-state index in [1.807, 2.05) is 6.92 Å². The van der Waals surface area contributed by atoms with Crippen LogP contribution in [0.1, 0.15) is 33.0 Å². The first-order valence-electron chi connectivity index (χ1n) is 10.6. The van der Waals surface area contributed by atoms with Crippen LogP contribution < -0.4 is 10.6 Å². The second kappa shape index (κ2) is 7.84. The molecule has 5 rings (SSSR count). The Morgan fingerprint density at radius 1 is 1.15 bits per heavy atom. The van der Waals surface area contributed by atoms with Gasteiger partial charge in [0.25, 0.3) is 11.8 Å². The van der Waals surface area contributed by atoms with Gasteiger partial charge in [0.05, 0.1) is 11.3 Å². The van der Waals surface area contributed by atoms with Crippen LogP contribution in [0, 0.1) is 12.7 Å². The molecule has 0 saturated carbocycles. The Balaban J connectivity index is 1.40. The maximum absolute atomic E-state index is 14.3. The summed E-state index contributed by atoms with van der Waals surface area (Å²) in [7, 11) is 1.75. The molecule has 33 heavy (non-hydrogen) atoms. The van der Waals surface area contributed by atoms with Crippen LogP contribution in [0.3, 0.4) is 0 Å². The van der Waals surface area contributed by atoms with E-state index < -0.39 is 17.9 Å². The molecule has 2 aliphatic rings. The Hall–Kier alpha value is -4.01. The fourth-order valence-electron chi connectivity index (χ4n) is 4.41. The molecular weight excluding hydrogens is 425 g/mol. The molecule has 0 radical (unpaired) electrons. The van der Waals surface area contributed by atoms with E-state index in [4.69, 9.17) is 0 Å². The molecule has 3 aromatic rings. The highest BCUT2D eigenvalue weighted by Gasteiger charge is 2.43. The molecule has 0 aliphatic carbocycles. The molecular formula is C24H22FN5O3. The summed E-state index contributed by atoms with van der Waals surface area (Å²) >= 11 is 0. The number of fused-ring (bicyclic) bond motifs is 2. The number of hydrogen-bond donors (Lipinski definition) is 2. The zero-order valence-corrected chi connectivity index (χ0v) is 18.1. The number of nitrogens with one attached hydrogen (secondary N) is 2. The van der Waals surface area contributed by atoms with Gasteiger partial charge in [0.2, 0.25) is 5.91 Å². The third-order valence-electron chi connectivity index (χ3n) is 6.24. The minimum Gasteiger partial charge on any atom is -0.346 e. The fourth-order valence-corrected chi connectivity index (χ4v) is 4.41. The molecule has 3 amide bonds. The number of amides is 3. The largest absolute Gasteiger partial charge is 0.346 e. The molecule has 1 aromatic heterocycles. The summed E-state index contributed by atoms with van der Waals surface area (Å²) in [5.41, 5.74) is 2.73. The van der Waals surface area contributed by atoms with Gasteiger partial charge in [-0.2, -0.15) is 5.10 Å². The van der Waals surface area contributed by atoms with E-state index in [0.29, 0.717) is 28.8 Å². The van der Waals surface area contributed by atoms with Crippen LogP contribution in [-0.2, 0) is 11.8 Å². The van der Waals surface area contributed by atoms with Gasteiger partial charge in [0.15, 0.2) is 0 Å². The second-order valence-electron chi connectivity index (χ2n) is 8.40. The summed E-state index contributed by atoms with van der Waals surface area (Å²) < 4.78 is 15.9. The molecule has 0 bridgehead atoms. The monoisotopic (exact) mass is 447 g/mol. The Morgan fingerprint density at radius 3 is 2.67 bits per heavy atom. The maximum Gasteiger partial charge on any atom is 0.272 e. The molecule has 1 fully saturated rings. The van der Waals surface area contributed by atoms with E-state index in [0.717, 1.165) is 5.69 Å².